The van der Waals surface area contributed by atoms with Crippen LogP contribution in [0, 0.1) is 0 Å². The minimum Gasteiger partial charge on any atom is -0.338 e. The van der Waals surface area contributed by atoms with Gasteiger partial charge >= 0.3 is 0 Å². The van der Waals surface area contributed by atoms with Gasteiger partial charge in [0.25, 0.3) is 0 Å². The molecule has 0 fully saturated rings. The molecule has 2 atom stereocenters. The molecule has 1 aliphatic heterocycles. The summed E-state index contributed by atoms with van der Waals surface area (Å²) in [5.41, 5.74) is 20.7. The second kappa shape index (κ2) is 11.8. The normalized spacial score (nSPS) is 18.1. The third-order valence-corrected chi connectivity index (χ3v) is 13.1. The molecule has 0 aromatic heterocycles. The number of hydrogen-bond acceptors (Lipinski definition) is 2. The number of hydrogen-bond donors (Lipinski definition) is 0. The molecule has 7 aromatic carbocycles. The topological polar surface area (TPSA) is 6.48 Å². The first-order chi connectivity index (χ1) is 26.1. The van der Waals surface area contributed by atoms with E-state index < -0.39 is 0 Å². The van der Waals surface area contributed by atoms with Gasteiger partial charge in [-0.3, -0.25) is 0 Å². The van der Waals surface area contributed by atoms with Gasteiger partial charge in [0.05, 0.1) is 0 Å². The van der Waals surface area contributed by atoms with Gasteiger partial charge in [-0.15, -0.1) is 0 Å². The minimum absolute atomic E-state index is 0.0860. The lowest BCUT2D eigenvalue weighted by molar-refractivity contribution is 0.642. The van der Waals surface area contributed by atoms with Gasteiger partial charge in [-0.2, -0.15) is 0 Å². The van der Waals surface area contributed by atoms with Crippen LogP contribution in [0.15, 0.2) is 158 Å². The Balaban J connectivity index is 1.07. The molecule has 10 rings (SSSR count). The third kappa shape index (κ3) is 4.72. The van der Waals surface area contributed by atoms with Crippen molar-refractivity contribution in [2.24, 2.45) is 0 Å². The summed E-state index contributed by atoms with van der Waals surface area (Å²) in [7, 11) is 0. The summed E-state index contributed by atoms with van der Waals surface area (Å²) < 4.78 is 0. The van der Waals surface area contributed by atoms with E-state index in [9.17, 15) is 0 Å². The second-order valence-electron chi connectivity index (χ2n) is 16.7. The summed E-state index contributed by atoms with van der Waals surface area (Å²) in [4.78, 5) is 4.96. The van der Waals surface area contributed by atoms with Crippen LogP contribution in [0.25, 0.3) is 33.4 Å². The van der Waals surface area contributed by atoms with Crippen molar-refractivity contribution < 1.29 is 0 Å². The third-order valence-electron chi connectivity index (χ3n) is 13.1. The predicted molar refractivity (Wildman–Crippen MR) is 228 cm³/mol. The number of anilines is 5. The lowest BCUT2D eigenvalue weighted by Gasteiger charge is -2.30. The fraction of sp³-hybridized carbons (Fsp3) is 0.192. The lowest BCUT2D eigenvalue weighted by Crippen LogP contribution is -2.25. The zero-order valence-corrected chi connectivity index (χ0v) is 32.1. The van der Waals surface area contributed by atoms with Gasteiger partial charge in [0.2, 0.25) is 0 Å². The highest BCUT2D eigenvalue weighted by Crippen LogP contribution is 2.53. The summed E-state index contributed by atoms with van der Waals surface area (Å²) in [6, 6.07) is 59.5. The van der Waals surface area contributed by atoms with E-state index in [1.54, 1.807) is 0 Å². The van der Waals surface area contributed by atoms with Crippen molar-refractivity contribution >= 4 is 28.4 Å². The first-order valence-corrected chi connectivity index (χ1v) is 19.5. The van der Waals surface area contributed by atoms with Crippen LogP contribution < -0.4 is 9.80 Å². The van der Waals surface area contributed by atoms with Crippen molar-refractivity contribution in [3.05, 3.63) is 186 Å². The van der Waals surface area contributed by atoms with Crippen LogP contribution in [0.5, 0.6) is 0 Å². The molecule has 0 N–H and O–H groups in total. The van der Waals surface area contributed by atoms with Crippen LogP contribution >= 0.6 is 0 Å². The highest BCUT2D eigenvalue weighted by Gasteiger charge is 2.38. The average molecular weight is 699 g/mol. The van der Waals surface area contributed by atoms with Gasteiger partial charge < -0.3 is 9.80 Å². The monoisotopic (exact) mass is 698 g/mol. The molecule has 2 unspecified atom stereocenters. The molecule has 3 aliphatic rings. The number of rotatable bonds is 5. The Hall–Kier alpha value is -5.86. The van der Waals surface area contributed by atoms with Crippen LogP contribution in [0.4, 0.5) is 28.4 Å². The maximum Gasteiger partial charge on any atom is 0.0465 e. The van der Waals surface area contributed by atoms with Crippen molar-refractivity contribution in [1.29, 1.82) is 0 Å². The summed E-state index contributed by atoms with van der Waals surface area (Å²) in [5, 5.41) is 0. The number of para-hydroxylation sites is 1. The fourth-order valence-corrected chi connectivity index (χ4v) is 9.90. The van der Waals surface area contributed by atoms with Gasteiger partial charge in [0, 0.05) is 51.2 Å². The highest BCUT2D eigenvalue weighted by atomic mass is 15.2. The van der Waals surface area contributed by atoms with E-state index in [1.165, 1.54) is 83.9 Å². The second-order valence-corrected chi connectivity index (χ2v) is 16.7. The molecule has 264 valence electrons. The van der Waals surface area contributed by atoms with E-state index in [1.807, 2.05) is 0 Å². The number of fused-ring (bicyclic) bond motifs is 7. The lowest BCUT2D eigenvalue weighted by atomic mass is 9.82. The van der Waals surface area contributed by atoms with Crippen molar-refractivity contribution in [1.82, 2.24) is 0 Å². The maximum atomic E-state index is 2.50. The van der Waals surface area contributed by atoms with Crippen LogP contribution in [-0.2, 0) is 10.8 Å². The van der Waals surface area contributed by atoms with Crippen LogP contribution in [-0.4, -0.2) is 6.04 Å². The molecule has 0 saturated heterocycles. The van der Waals surface area contributed by atoms with Crippen LogP contribution in [0.3, 0.4) is 0 Å². The molecular formula is C52H46N2. The summed E-state index contributed by atoms with van der Waals surface area (Å²) >= 11 is 0. The summed E-state index contributed by atoms with van der Waals surface area (Å²) in [6.07, 6.45) is 0. The van der Waals surface area contributed by atoms with Gasteiger partial charge in [-0.25, -0.2) is 0 Å². The Morgan fingerprint density at radius 3 is 1.50 bits per heavy atom. The van der Waals surface area contributed by atoms with Gasteiger partial charge in [0.15, 0.2) is 0 Å². The largest absolute Gasteiger partial charge is 0.338 e. The molecule has 7 aromatic rings. The summed E-state index contributed by atoms with van der Waals surface area (Å²) in [6.45, 7) is 14.2. The van der Waals surface area contributed by atoms with Gasteiger partial charge in [-0.05, 0) is 129 Å². The van der Waals surface area contributed by atoms with Crippen molar-refractivity contribution in [2.45, 2.75) is 64.3 Å². The molecule has 2 aliphatic carbocycles. The zero-order valence-electron chi connectivity index (χ0n) is 32.1. The SMILES string of the molecule is CC1c2cc(-c3ccc(N(c4ccc5c(c4)C(C)(C)c4ccccc4-5)c4ccc5c(c4)C(C)(C)c4ccccc4-5)cc3)ccc2N(c2ccccc2)C1C. The van der Waals surface area contributed by atoms with E-state index >= 15 is 0 Å². The number of benzene rings is 7. The Morgan fingerprint density at radius 2 is 0.926 bits per heavy atom. The van der Waals surface area contributed by atoms with Crippen molar-refractivity contribution in [3.63, 3.8) is 0 Å². The highest BCUT2D eigenvalue weighted by molar-refractivity contribution is 5.89. The molecule has 1 heterocycles. The molecule has 0 radical (unpaired) electrons. The van der Waals surface area contributed by atoms with E-state index in [4.69, 9.17) is 0 Å². The van der Waals surface area contributed by atoms with E-state index in [0.29, 0.717) is 12.0 Å². The molecular weight excluding hydrogens is 653 g/mol. The fourth-order valence-electron chi connectivity index (χ4n) is 9.90. The molecule has 0 saturated carbocycles. The minimum atomic E-state index is -0.0860. The first kappa shape index (κ1) is 32.8. The molecule has 0 spiro atoms. The quantitative estimate of drug-likeness (QED) is 0.177. The molecule has 0 amide bonds. The zero-order chi connectivity index (χ0) is 36.9. The van der Waals surface area contributed by atoms with E-state index in [0.717, 1.165) is 5.69 Å². The first-order valence-electron chi connectivity index (χ1n) is 19.5. The van der Waals surface area contributed by atoms with Gasteiger partial charge in [0.1, 0.15) is 0 Å². The molecule has 0 bridgehead atoms. The van der Waals surface area contributed by atoms with Crippen molar-refractivity contribution in [3.8, 4) is 33.4 Å². The Bertz CT molecular complexity index is 2490. The maximum absolute atomic E-state index is 2.50. The standard InChI is InChI=1S/C52H46N2/c1-33-34(2)53(37-14-8-7-9-15-37)50-29-22-36(30-45(33)50)35-20-23-38(24-21-35)54(39-25-27-43-41-16-10-12-18-46(41)51(3,4)48(43)31-39)40-26-28-44-42-17-11-13-19-47(42)52(5,6)49(44)32-40/h7-34H,1-6H3. The Kier molecular flexibility index (Phi) is 7.17. The number of nitrogens with zero attached hydrogens (tertiary/aromatic N) is 2. The van der Waals surface area contributed by atoms with Gasteiger partial charge in [-0.1, -0.05) is 132 Å². The van der Waals surface area contributed by atoms with E-state index in [2.05, 4.69) is 209 Å². The van der Waals surface area contributed by atoms with Crippen LogP contribution in [0.1, 0.15) is 75.3 Å². The van der Waals surface area contributed by atoms with Crippen LogP contribution in [0.2, 0.25) is 0 Å². The molecule has 2 nitrogen and oxygen atoms in total. The predicted octanol–water partition coefficient (Wildman–Crippen LogP) is 14.1. The van der Waals surface area contributed by atoms with E-state index in [-0.39, 0.29) is 10.8 Å². The Labute approximate surface area is 320 Å². The Morgan fingerprint density at radius 1 is 0.444 bits per heavy atom. The average Bonchev–Trinajstić information content (AvgIpc) is 3.69. The van der Waals surface area contributed by atoms with Crippen molar-refractivity contribution in [2.75, 3.05) is 9.80 Å². The molecule has 2 heteroatoms. The molecule has 54 heavy (non-hydrogen) atoms. The summed E-state index contributed by atoms with van der Waals surface area (Å²) in [5.74, 6) is 0.431. The smallest absolute Gasteiger partial charge is 0.0465 e.